The Morgan fingerprint density at radius 1 is 0.929 bits per heavy atom. The minimum atomic E-state index is 0.306. The van der Waals surface area contributed by atoms with E-state index in [1.54, 1.807) is 0 Å². The van der Waals surface area contributed by atoms with Crippen molar-refractivity contribution in [2.45, 2.75) is 57.5 Å². The van der Waals surface area contributed by atoms with Crippen LogP contribution >= 0.6 is 0 Å². The number of rotatable bonds is 7. The van der Waals surface area contributed by atoms with Crippen LogP contribution in [-0.4, -0.2) is 11.1 Å². The van der Waals surface area contributed by atoms with E-state index in [-0.39, 0.29) is 0 Å². The maximum absolute atomic E-state index is 6.46. The lowest BCUT2D eigenvalue weighted by atomic mass is 9.85. The summed E-state index contributed by atoms with van der Waals surface area (Å²) >= 11 is 0. The van der Waals surface area contributed by atoms with E-state index in [0.717, 1.165) is 18.6 Å². The Labute approximate surface area is 168 Å². The average molecular weight is 372 g/mol. The van der Waals surface area contributed by atoms with E-state index in [0.29, 0.717) is 12.0 Å². The summed E-state index contributed by atoms with van der Waals surface area (Å²) in [7, 11) is 0. The van der Waals surface area contributed by atoms with E-state index < -0.39 is 0 Å². The van der Waals surface area contributed by atoms with Crippen LogP contribution in [0.25, 0.3) is 0 Å². The van der Waals surface area contributed by atoms with Crippen molar-refractivity contribution in [3.05, 3.63) is 95.3 Å². The molecule has 0 radical (unpaired) electrons. The monoisotopic (exact) mass is 371 g/mol. The Hall–Kier alpha value is -2.61. The van der Waals surface area contributed by atoms with Gasteiger partial charge in [0.15, 0.2) is 0 Å². The molecule has 1 aromatic heterocycles. The van der Waals surface area contributed by atoms with Gasteiger partial charge in [-0.25, -0.2) is 0 Å². The van der Waals surface area contributed by atoms with E-state index in [1.807, 2.05) is 12.4 Å². The summed E-state index contributed by atoms with van der Waals surface area (Å²) in [6.45, 7) is 2.21. The Balaban J connectivity index is 1.68. The molecule has 0 unspecified atom stereocenters. The lowest BCUT2D eigenvalue weighted by molar-refractivity contribution is 0.208. The van der Waals surface area contributed by atoms with E-state index in [4.69, 9.17) is 4.74 Å². The lowest BCUT2D eigenvalue weighted by Gasteiger charge is -2.22. The van der Waals surface area contributed by atoms with Crippen LogP contribution in [0.5, 0.6) is 5.75 Å². The molecule has 1 atom stereocenters. The molecular formula is C26H29NO. The molecule has 144 valence electrons. The molecule has 1 heterocycles. The van der Waals surface area contributed by atoms with Crippen LogP contribution in [0, 0.1) is 0 Å². The minimum Gasteiger partial charge on any atom is -0.490 e. The van der Waals surface area contributed by atoms with Crippen LogP contribution in [0.4, 0.5) is 0 Å². The Morgan fingerprint density at radius 3 is 2.39 bits per heavy atom. The van der Waals surface area contributed by atoms with Gasteiger partial charge < -0.3 is 4.74 Å². The summed E-state index contributed by atoms with van der Waals surface area (Å²) in [6, 6.07) is 21.9. The zero-order chi connectivity index (χ0) is 19.2. The highest BCUT2D eigenvalue weighted by Gasteiger charge is 2.20. The van der Waals surface area contributed by atoms with Gasteiger partial charge >= 0.3 is 0 Å². The predicted octanol–water partition coefficient (Wildman–Crippen LogP) is 6.34. The van der Waals surface area contributed by atoms with E-state index in [9.17, 15) is 0 Å². The summed E-state index contributed by atoms with van der Waals surface area (Å²) in [4.78, 5) is 4.17. The molecule has 2 heteroatoms. The SMILES string of the molecule is CCc1ccc([C@H](Cc2ccncc2)c2ccccc2)cc1OC1CCCC1. The molecule has 3 aromatic rings. The van der Waals surface area contributed by atoms with Gasteiger partial charge in [0.05, 0.1) is 6.10 Å². The van der Waals surface area contributed by atoms with Crippen molar-refractivity contribution in [1.82, 2.24) is 4.98 Å². The molecule has 0 bridgehead atoms. The first kappa shape index (κ1) is 18.7. The Morgan fingerprint density at radius 2 is 1.68 bits per heavy atom. The molecule has 1 aliphatic carbocycles. The second-order valence-electron chi connectivity index (χ2n) is 7.77. The lowest BCUT2D eigenvalue weighted by Crippen LogP contribution is -2.13. The van der Waals surface area contributed by atoms with Gasteiger partial charge in [-0.2, -0.15) is 0 Å². The third-order valence-corrected chi connectivity index (χ3v) is 5.86. The van der Waals surface area contributed by atoms with Crippen molar-refractivity contribution in [3.63, 3.8) is 0 Å². The topological polar surface area (TPSA) is 22.1 Å². The van der Waals surface area contributed by atoms with Crippen molar-refractivity contribution in [2.75, 3.05) is 0 Å². The van der Waals surface area contributed by atoms with Gasteiger partial charge in [0.1, 0.15) is 5.75 Å². The van der Waals surface area contributed by atoms with Crippen LogP contribution in [0.3, 0.4) is 0 Å². The maximum atomic E-state index is 6.46. The van der Waals surface area contributed by atoms with Gasteiger partial charge in [-0.15, -0.1) is 0 Å². The number of aromatic nitrogens is 1. The molecular weight excluding hydrogens is 342 g/mol. The van der Waals surface area contributed by atoms with Crippen molar-refractivity contribution in [3.8, 4) is 5.75 Å². The summed E-state index contributed by atoms with van der Waals surface area (Å²) in [5.41, 5.74) is 5.29. The van der Waals surface area contributed by atoms with Gasteiger partial charge in [0.2, 0.25) is 0 Å². The number of hydrogen-bond acceptors (Lipinski definition) is 2. The largest absolute Gasteiger partial charge is 0.490 e. The minimum absolute atomic E-state index is 0.306. The highest BCUT2D eigenvalue weighted by atomic mass is 16.5. The van der Waals surface area contributed by atoms with Gasteiger partial charge in [0.25, 0.3) is 0 Å². The molecule has 0 amide bonds. The molecule has 2 aromatic carbocycles. The first-order valence-electron chi connectivity index (χ1n) is 10.6. The van der Waals surface area contributed by atoms with Gasteiger partial charge in [0, 0.05) is 18.3 Å². The van der Waals surface area contributed by atoms with Gasteiger partial charge in [-0.05, 0) is 79.0 Å². The average Bonchev–Trinajstić information content (AvgIpc) is 3.26. The molecule has 1 aliphatic rings. The van der Waals surface area contributed by atoms with E-state index >= 15 is 0 Å². The van der Waals surface area contributed by atoms with E-state index in [2.05, 4.69) is 72.6 Å². The second-order valence-corrected chi connectivity index (χ2v) is 7.77. The maximum Gasteiger partial charge on any atom is 0.123 e. The third kappa shape index (κ3) is 4.44. The van der Waals surface area contributed by atoms with Gasteiger partial charge in [-0.3, -0.25) is 4.98 Å². The number of pyridine rings is 1. The molecule has 1 fully saturated rings. The smallest absolute Gasteiger partial charge is 0.123 e. The quantitative estimate of drug-likeness (QED) is 0.483. The van der Waals surface area contributed by atoms with Gasteiger partial charge in [-0.1, -0.05) is 49.4 Å². The molecule has 28 heavy (non-hydrogen) atoms. The number of benzene rings is 2. The predicted molar refractivity (Wildman–Crippen MR) is 115 cm³/mol. The van der Waals surface area contributed by atoms with Crippen LogP contribution < -0.4 is 4.74 Å². The summed E-state index contributed by atoms with van der Waals surface area (Å²) in [5.74, 6) is 1.39. The van der Waals surface area contributed by atoms with Crippen LogP contribution in [0.15, 0.2) is 73.1 Å². The standard InChI is InChI=1S/C26H29NO/c1-2-21-12-13-23(19-26(21)28-24-10-6-7-11-24)25(22-8-4-3-5-9-22)18-20-14-16-27-17-15-20/h3-5,8-9,12-17,19,24-25H,2,6-7,10-11,18H2,1H3/t25-/m1/s1. The van der Waals surface area contributed by atoms with Crippen molar-refractivity contribution < 1.29 is 4.74 Å². The molecule has 2 nitrogen and oxygen atoms in total. The van der Waals surface area contributed by atoms with E-state index in [1.165, 1.54) is 47.9 Å². The summed E-state index contributed by atoms with van der Waals surface area (Å²) in [6.07, 6.45) is 11.1. The third-order valence-electron chi connectivity index (χ3n) is 5.86. The summed E-state index contributed by atoms with van der Waals surface area (Å²) < 4.78 is 6.46. The molecule has 0 N–H and O–H groups in total. The van der Waals surface area contributed by atoms with Crippen molar-refractivity contribution in [2.24, 2.45) is 0 Å². The van der Waals surface area contributed by atoms with Crippen molar-refractivity contribution in [1.29, 1.82) is 0 Å². The molecule has 0 saturated heterocycles. The first-order chi connectivity index (χ1) is 13.8. The zero-order valence-electron chi connectivity index (χ0n) is 16.7. The Kier molecular flexibility index (Phi) is 6.06. The van der Waals surface area contributed by atoms with Crippen LogP contribution in [-0.2, 0) is 12.8 Å². The molecule has 1 saturated carbocycles. The zero-order valence-corrected chi connectivity index (χ0v) is 16.7. The highest BCUT2D eigenvalue weighted by Crippen LogP contribution is 2.34. The number of ether oxygens (including phenoxy) is 1. The molecule has 4 rings (SSSR count). The number of hydrogen-bond donors (Lipinski definition) is 0. The number of aryl methyl sites for hydroxylation is 1. The fourth-order valence-corrected chi connectivity index (χ4v) is 4.24. The first-order valence-corrected chi connectivity index (χ1v) is 10.6. The normalized spacial score (nSPS) is 15.5. The fraction of sp³-hybridized carbons (Fsp3) is 0.346. The molecule has 0 aliphatic heterocycles. The summed E-state index contributed by atoms with van der Waals surface area (Å²) in [5, 5.41) is 0. The van der Waals surface area contributed by atoms with Crippen LogP contribution in [0.2, 0.25) is 0 Å². The fourth-order valence-electron chi connectivity index (χ4n) is 4.24. The molecule has 0 spiro atoms. The highest BCUT2D eigenvalue weighted by molar-refractivity contribution is 5.43. The number of nitrogens with zero attached hydrogens (tertiary/aromatic N) is 1. The Bertz CT molecular complexity index is 869. The second kappa shape index (κ2) is 9.05. The van der Waals surface area contributed by atoms with Crippen LogP contribution in [0.1, 0.15) is 60.8 Å². The van der Waals surface area contributed by atoms with Crippen molar-refractivity contribution >= 4 is 0 Å².